The summed E-state index contributed by atoms with van der Waals surface area (Å²) in [4.78, 5) is 20.8. The second-order valence-corrected chi connectivity index (χ2v) is 6.28. The quantitative estimate of drug-likeness (QED) is 0.496. The zero-order valence-corrected chi connectivity index (χ0v) is 15.3. The van der Waals surface area contributed by atoms with Crippen LogP contribution in [0.15, 0.2) is 83.7 Å². The van der Waals surface area contributed by atoms with Gasteiger partial charge in [-0.15, -0.1) is 0 Å². The van der Waals surface area contributed by atoms with Crippen LogP contribution in [0.2, 0.25) is 0 Å². The van der Waals surface area contributed by atoms with Gasteiger partial charge in [-0.25, -0.2) is 9.37 Å². The predicted octanol–water partition coefficient (Wildman–Crippen LogP) is 4.80. The molecule has 2 aromatic heterocycles. The van der Waals surface area contributed by atoms with Crippen LogP contribution in [-0.2, 0) is 11.2 Å². The van der Waals surface area contributed by atoms with E-state index in [9.17, 15) is 9.18 Å². The summed E-state index contributed by atoms with van der Waals surface area (Å²) in [7, 11) is 0. The number of aromatic nitrogens is 2. The first-order valence-electron chi connectivity index (χ1n) is 8.94. The van der Waals surface area contributed by atoms with E-state index in [1.54, 1.807) is 24.5 Å². The zero-order chi connectivity index (χ0) is 20.1. The van der Waals surface area contributed by atoms with Crippen molar-refractivity contribution in [3.05, 3.63) is 90.8 Å². The van der Waals surface area contributed by atoms with Crippen molar-refractivity contribution in [2.45, 2.75) is 6.42 Å². The van der Waals surface area contributed by atoms with Crippen molar-refractivity contribution < 1.29 is 13.6 Å². The minimum atomic E-state index is -0.334. The molecule has 1 amide bonds. The first-order chi connectivity index (χ1) is 14.2. The number of anilines is 3. The van der Waals surface area contributed by atoms with Crippen LogP contribution >= 0.6 is 0 Å². The van der Waals surface area contributed by atoms with Crippen LogP contribution in [0.3, 0.4) is 0 Å². The van der Waals surface area contributed by atoms with Crippen LogP contribution in [0.4, 0.5) is 21.5 Å². The number of nitrogens with one attached hydrogen (secondary N) is 2. The lowest BCUT2D eigenvalue weighted by Crippen LogP contribution is -2.15. The Morgan fingerprint density at radius 1 is 0.966 bits per heavy atom. The number of hydrogen-bond donors (Lipinski definition) is 2. The molecule has 2 heterocycles. The van der Waals surface area contributed by atoms with Crippen LogP contribution in [-0.4, -0.2) is 15.9 Å². The molecule has 0 aliphatic rings. The van der Waals surface area contributed by atoms with Gasteiger partial charge in [-0.3, -0.25) is 9.78 Å². The number of benzene rings is 2. The summed E-state index contributed by atoms with van der Waals surface area (Å²) >= 11 is 0. The number of rotatable bonds is 6. The summed E-state index contributed by atoms with van der Waals surface area (Å²) in [6, 6.07) is 16.9. The number of carbonyl (C=O) groups excluding carboxylic acids is 1. The van der Waals surface area contributed by atoms with Gasteiger partial charge in [-0.2, -0.15) is 0 Å². The summed E-state index contributed by atoms with van der Waals surface area (Å²) in [5.74, 6) is -0.223. The van der Waals surface area contributed by atoms with E-state index in [4.69, 9.17) is 4.42 Å². The van der Waals surface area contributed by atoms with Crippen molar-refractivity contribution in [2.24, 2.45) is 0 Å². The van der Waals surface area contributed by atoms with Gasteiger partial charge in [-0.1, -0.05) is 12.1 Å². The van der Waals surface area contributed by atoms with Crippen molar-refractivity contribution in [1.82, 2.24) is 9.97 Å². The number of para-hydroxylation sites is 2. The Hall–Kier alpha value is -4.00. The van der Waals surface area contributed by atoms with Crippen molar-refractivity contribution in [3.63, 3.8) is 0 Å². The predicted molar refractivity (Wildman–Crippen MR) is 108 cm³/mol. The Morgan fingerprint density at radius 3 is 2.45 bits per heavy atom. The molecule has 29 heavy (non-hydrogen) atoms. The van der Waals surface area contributed by atoms with Crippen molar-refractivity contribution >= 4 is 23.0 Å². The average Bonchev–Trinajstić information content (AvgIpc) is 3.19. The van der Waals surface area contributed by atoms with E-state index >= 15 is 0 Å². The fourth-order valence-electron chi connectivity index (χ4n) is 2.76. The van der Waals surface area contributed by atoms with Crippen LogP contribution in [0.25, 0.3) is 11.5 Å². The van der Waals surface area contributed by atoms with Gasteiger partial charge >= 0.3 is 0 Å². The topological polar surface area (TPSA) is 80.0 Å². The molecule has 0 radical (unpaired) electrons. The summed E-state index contributed by atoms with van der Waals surface area (Å²) in [6.45, 7) is 0. The van der Waals surface area contributed by atoms with Crippen LogP contribution in [0, 0.1) is 5.82 Å². The van der Waals surface area contributed by atoms with E-state index in [0.29, 0.717) is 22.8 Å². The maximum absolute atomic E-state index is 13.0. The van der Waals surface area contributed by atoms with Gasteiger partial charge in [-0.05, 0) is 48.5 Å². The van der Waals surface area contributed by atoms with Gasteiger partial charge in [0.2, 0.25) is 11.8 Å². The third kappa shape index (κ3) is 4.65. The number of carbonyl (C=O) groups is 1. The zero-order valence-electron chi connectivity index (χ0n) is 15.3. The van der Waals surface area contributed by atoms with E-state index in [-0.39, 0.29) is 18.1 Å². The molecular formula is C22H17FN4O2. The van der Waals surface area contributed by atoms with E-state index < -0.39 is 0 Å². The number of oxazole rings is 1. The summed E-state index contributed by atoms with van der Waals surface area (Å²) in [6.07, 6.45) is 4.85. The van der Waals surface area contributed by atoms with E-state index in [0.717, 1.165) is 11.4 Å². The SMILES string of the molecule is O=C(Cc1coc(-c2ccc(F)cc2)n1)Nc1ccccc1Nc1ccncc1. The minimum absolute atomic E-state index is 0.0499. The largest absolute Gasteiger partial charge is 0.444 e. The highest BCUT2D eigenvalue weighted by Gasteiger charge is 2.12. The molecule has 0 saturated heterocycles. The molecule has 4 rings (SSSR count). The molecule has 0 fully saturated rings. The Bertz CT molecular complexity index is 1110. The van der Waals surface area contributed by atoms with E-state index in [2.05, 4.69) is 20.6 Å². The summed E-state index contributed by atoms with van der Waals surface area (Å²) in [5, 5.41) is 6.14. The Kier molecular flexibility index (Phi) is 5.29. The highest BCUT2D eigenvalue weighted by Crippen LogP contribution is 2.25. The minimum Gasteiger partial charge on any atom is -0.444 e. The van der Waals surface area contributed by atoms with Gasteiger partial charge in [0.1, 0.15) is 12.1 Å². The molecule has 0 aliphatic heterocycles. The second kappa shape index (κ2) is 8.35. The molecule has 4 aromatic rings. The Morgan fingerprint density at radius 2 is 1.69 bits per heavy atom. The molecular weight excluding hydrogens is 371 g/mol. The average molecular weight is 388 g/mol. The standard InChI is InChI=1S/C22H17FN4O2/c23-16-7-5-15(6-8-16)22-26-18(14-29-22)13-21(28)27-20-4-2-1-3-19(20)25-17-9-11-24-12-10-17/h1-12,14H,13H2,(H,24,25)(H,27,28). The second-order valence-electron chi connectivity index (χ2n) is 6.28. The van der Waals surface area contributed by atoms with Gasteiger partial charge in [0, 0.05) is 23.6 Å². The maximum Gasteiger partial charge on any atom is 0.230 e. The number of halogens is 1. The first kappa shape index (κ1) is 18.4. The molecule has 7 heteroatoms. The molecule has 2 N–H and O–H groups in total. The molecule has 0 spiro atoms. The Balaban J connectivity index is 1.43. The third-order valence-electron chi connectivity index (χ3n) is 4.15. The highest BCUT2D eigenvalue weighted by atomic mass is 19.1. The van der Waals surface area contributed by atoms with Gasteiger partial charge in [0.15, 0.2) is 0 Å². The van der Waals surface area contributed by atoms with Crippen LogP contribution < -0.4 is 10.6 Å². The lowest BCUT2D eigenvalue weighted by Gasteiger charge is -2.12. The normalized spacial score (nSPS) is 10.5. The smallest absolute Gasteiger partial charge is 0.230 e. The molecule has 0 bridgehead atoms. The monoisotopic (exact) mass is 388 g/mol. The van der Waals surface area contributed by atoms with E-state index in [1.807, 2.05) is 36.4 Å². The number of nitrogens with zero attached hydrogens (tertiary/aromatic N) is 2. The molecule has 0 aliphatic carbocycles. The van der Waals surface area contributed by atoms with Gasteiger partial charge in [0.05, 0.1) is 23.5 Å². The number of hydrogen-bond acceptors (Lipinski definition) is 5. The van der Waals surface area contributed by atoms with Crippen molar-refractivity contribution in [2.75, 3.05) is 10.6 Å². The maximum atomic E-state index is 13.0. The number of pyridine rings is 1. The number of amides is 1. The van der Waals surface area contributed by atoms with Gasteiger partial charge < -0.3 is 15.1 Å². The summed E-state index contributed by atoms with van der Waals surface area (Å²) < 4.78 is 18.5. The van der Waals surface area contributed by atoms with Crippen LogP contribution in [0.1, 0.15) is 5.69 Å². The fraction of sp³-hybridized carbons (Fsp3) is 0.0455. The lowest BCUT2D eigenvalue weighted by molar-refractivity contribution is -0.115. The highest BCUT2D eigenvalue weighted by molar-refractivity contribution is 5.95. The molecule has 144 valence electrons. The summed E-state index contributed by atoms with van der Waals surface area (Å²) in [5.41, 5.74) is 3.41. The third-order valence-corrected chi connectivity index (χ3v) is 4.15. The molecule has 6 nitrogen and oxygen atoms in total. The first-order valence-corrected chi connectivity index (χ1v) is 8.94. The van der Waals surface area contributed by atoms with E-state index in [1.165, 1.54) is 18.4 Å². The molecule has 0 saturated carbocycles. The molecule has 0 unspecified atom stereocenters. The van der Waals surface area contributed by atoms with Crippen molar-refractivity contribution in [1.29, 1.82) is 0 Å². The fourth-order valence-corrected chi connectivity index (χ4v) is 2.76. The van der Waals surface area contributed by atoms with Crippen molar-refractivity contribution in [3.8, 4) is 11.5 Å². The Labute approximate surface area is 166 Å². The molecule has 0 atom stereocenters. The molecule has 2 aromatic carbocycles. The van der Waals surface area contributed by atoms with Gasteiger partial charge in [0.25, 0.3) is 0 Å². The lowest BCUT2D eigenvalue weighted by atomic mass is 10.2. The van der Waals surface area contributed by atoms with Crippen LogP contribution in [0.5, 0.6) is 0 Å².